The Hall–Kier alpha value is -3.40. The second kappa shape index (κ2) is 9.51. The third-order valence-electron chi connectivity index (χ3n) is 3.62. The van der Waals surface area contributed by atoms with Crippen molar-refractivity contribution in [3.8, 4) is 17.6 Å². The third-order valence-corrected chi connectivity index (χ3v) is 3.62. The molecular formula is C21H20F2N2O3. The summed E-state index contributed by atoms with van der Waals surface area (Å²) in [6.07, 6.45) is 1.34. The van der Waals surface area contributed by atoms with E-state index in [1.165, 1.54) is 13.2 Å². The summed E-state index contributed by atoms with van der Waals surface area (Å²) in [5.41, 5.74) is 0.0595. The molecule has 0 aliphatic rings. The zero-order chi connectivity index (χ0) is 20.7. The standard InChI is InChI=1S/C21H20F2N2O3/c1-13(2)12-28-19-7-4-14(9-20(19)27-3)8-15(11-24)21(26)25-18-6-5-16(22)10-17(18)23/h4-10,13H,12H2,1-3H3,(H,25,26)/b15-8+. The number of hydrogen-bond acceptors (Lipinski definition) is 4. The van der Waals surface area contributed by atoms with Crippen molar-refractivity contribution in [2.75, 3.05) is 19.0 Å². The van der Waals surface area contributed by atoms with Crippen molar-refractivity contribution >= 4 is 17.7 Å². The third kappa shape index (κ3) is 5.55. The van der Waals surface area contributed by atoms with Crippen molar-refractivity contribution in [1.29, 1.82) is 5.26 Å². The molecule has 2 aromatic rings. The fourth-order valence-electron chi connectivity index (χ4n) is 2.25. The average Bonchev–Trinajstić information content (AvgIpc) is 2.66. The van der Waals surface area contributed by atoms with Crippen molar-refractivity contribution in [3.05, 3.63) is 59.2 Å². The van der Waals surface area contributed by atoms with E-state index in [2.05, 4.69) is 5.32 Å². The highest BCUT2D eigenvalue weighted by Crippen LogP contribution is 2.29. The first-order valence-electron chi connectivity index (χ1n) is 8.53. The van der Waals surface area contributed by atoms with Gasteiger partial charge in [-0.3, -0.25) is 4.79 Å². The van der Waals surface area contributed by atoms with Gasteiger partial charge in [0, 0.05) is 6.07 Å². The highest BCUT2D eigenvalue weighted by Gasteiger charge is 2.14. The van der Waals surface area contributed by atoms with Gasteiger partial charge in [-0.05, 0) is 41.8 Å². The van der Waals surface area contributed by atoms with Gasteiger partial charge in [0.2, 0.25) is 0 Å². The Kier molecular flexibility index (Phi) is 7.10. The van der Waals surface area contributed by atoms with E-state index >= 15 is 0 Å². The van der Waals surface area contributed by atoms with Crippen molar-refractivity contribution in [2.24, 2.45) is 5.92 Å². The molecule has 0 aromatic heterocycles. The molecule has 0 radical (unpaired) electrons. The Balaban J connectivity index is 2.23. The van der Waals surface area contributed by atoms with Crippen molar-refractivity contribution in [1.82, 2.24) is 0 Å². The quantitative estimate of drug-likeness (QED) is 0.560. The summed E-state index contributed by atoms with van der Waals surface area (Å²) in [6.45, 7) is 4.55. The number of halogens is 2. The minimum Gasteiger partial charge on any atom is -0.493 e. The molecule has 0 atom stereocenters. The number of amides is 1. The van der Waals surface area contributed by atoms with Crippen LogP contribution in [0.15, 0.2) is 42.0 Å². The maximum atomic E-state index is 13.7. The Bertz CT molecular complexity index is 934. The summed E-state index contributed by atoms with van der Waals surface area (Å²) in [5.74, 6) is -1.17. The minimum atomic E-state index is -0.932. The summed E-state index contributed by atoms with van der Waals surface area (Å²) in [7, 11) is 1.49. The van der Waals surface area contributed by atoms with Crippen LogP contribution in [0.1, 0.15) is 19.4 Å². The molecule has 0 fully saturated rings. The van der Waals surface area contributed by atoms with Crippen LogP contribution < -0.4 is 14.8 Å². The lowest BCUT2D eigenvalue weighted by Crippen LogP contribution is -2.14. The highest BCUT2D eigenvalue weighted by atomic mass is 19.1. The first-order valence-corrected chi connectivity index (χ1v) is 8.53. The Morgan fingerprint density at radius 1 is 1.21 bits per heavy atom. The summed E-state index contributed by atoms with van der Waals surface area (Å²) in [4.78, 5) is 12.3. The van der Waals surface area contributed by atoms with Gasteiger partial charge < -0.3 is 14.8 Å². The van der Waals surface area contributed by atoms with Crippen molar-refractivity contribution in [2.45, 2.75) is 13.8 Å². The number of nitriles is 1. The Morgan fingerprint density at radius 2 is 1.96 bits per heavy atom. The molecule has 28 heavy (non-hydrogen) atoms. The second-order valence-electron chi connectivity index (χ2n) is 6.36. The van der Waals surface area contributed by atoms with E-state index in [1.807, 2.05) is 13.8 Å². The normalized spacial score (nSPS) is 11.1. The number of nitrogens with one attached hydrogen (secondary N) is 1. The average molecular weight is 386 g/mol. The number of methoxy groups -OCH3 is 1. The summed E-state index contributed by atoms with van der Waals surface area (Å²) in [5, 5.41) is 11.5. The number of rotatable bonds is 7. The molecule has 0 spiro atoms. The van der Waals surface area contributed by atoms with Crippen molar-refractivity contribution in [3.63, 3.8) is 0 Å². The summed E-state index contributed by atoms with van der Waals surface area (Å²) in [6, 6.07) is 9.48. The number of carbonyl (C=O) groups is 1. The van der Waals surface area contributed by atoms with Crippen LogP contribution in [0.3, 0.4) is 0 Å². The van der Waals surface area contributed by atoms with E-state index in [-0.39, 0.29) is 11.3 Å². The largest absolute Gasteiger partial charge is 0.493 e. The molecule has 0 aliphatic carbocycles. The molecule has 1 amide bonds. The predicted molar refractivity (Wildman–Crippen MR) is 102 cm³/mol. The molecular weight excluding hydrogens is 366 g/mol. The predicted octanol–water partition coefficient (Wildman–Crippen LogP) is 4.55. The van der Waals surface area contributed by atoms with Crippen LogP contribution in [0, 0.1) is 28.9 Å². The van der Waals surface area contributed by atoms with Crippen LogP contribution in [0.25, 0.3) is 6.08 Å². The van der Waals surface area contributed by atoms with Gasteiger partial charge in [0.25, 0.3) is 5.91 Å². The molecule has 2 rings (SSSR count). The van der Waals surface area contributed by atoms with E-state index in [1.54, 1.807) is 24.3 Å². The van der Waals surface area contributed by atoms with E-state index < -0.39 is 17.5 Å². The van der Waals surface area contributed by atoms with E-state index in [0.29, 0.717) is 35.7 Å². The first-order chi connectivity index (χ1) is 13.3. The monoisotopic (exact) mass is 386 g/mol. The second-order valence-corrected chi connectivity index (χ2v) is 6.36. The molecule has 0 heterocycles. The maximum Gasteiger partial charge on any atom is 0.266 e. The van der Waals surface area contributed by atoms with Crippen LogP contribution in [0.4, 0.5) is 14.5 Å². The van der Waals surface area contributed by atoms with Gasteiger partial charge in [0.05, 0.1) is 19.4 Å². The van der Waals surface area contributed by atoms with Gasteiger partial charge in [-0.1, -0.05) is 19.9 Å². The van der Waals surface area contributed by atoms with Gasteiger partial charge in [-0.25, -0.2) is 8.78 Å². The molecule has 0 saturated carbocycles. The van der Waals surface area contributed by atoms with Gasteiger partial charge in [-0.2, -0.15) is 5.26 Å². The molecule has 0 bridgehead atoms. The molecule has 0 saturated heterocycles. The summed E-state index contributed by atoms with van der Waals surface area (Å²) >= 11 is 0. The van der Waals surface area contributed by atoms with E-state index in [9.17, 15) is 18.8 Å². The summed E-state index contributed by atoms with van der Waals surface area (Å²) < 4.78 is 37.6. The lowest BCUT2D eigenvalue weighted by molar-refractivity contribution is -0.112. The van der Waals surface area contributed by atoms with Gasteiger partial charge in [0.15, 0.2) is 11.5 Å². The van der Waals surface area contributed by atoms with Crippen LogP contribution in [-0.4, -0.2) is 19.6 Å². The lowest BCUT2D eigenvalue weighted by atomic mass is 10.1. The fourth-order valence-corrected chi connectivity index (χ4v) is 2.25. The van der Waals surface area contributed by atoms with Crippen LogP contribution in [0.5, 0.6) is 11.5 Å². The topological polar surface area (TPSA) is 71.3 Å². The van der Waals surface area contributed by atoms with Crippen molar-refractivity contribution < 1.29 is 23.0 Å². The molecule has 5 nitrogen and oxygen atoms in total. The number of nitrogens with zero attached hydrogens (tertiary/aromatic N) is 1. The molecule has 2 aromatic carbocycles. The number of benzene rings is 2. The smallest absolute Gasteiger partial charge is 0.266 e. The first kappa shape index (κ1) is 20.9. The van der Waals surface area contributed by atoms with E-state index in [0.717, 1.165) is 12.1 Å². The van der Waals surface area contributed by atoms with Gasteiger partial charge >= 0.3 is 0 Å². The Labute approximate surface area is 162 Å². The number of ether oxygens (including phenoxy) is 2. The zero-order valence-electron chi connectivity index (χ0n) is 15.8. The fraction of sp³-hybridized carbons (Fsp3) is 0.238. The highest BCUT2D eigenvalue weighted by molar-refractivity contribution is 6.09. The van der Waals surface area contributed by atoms with Crippen LogP contribution in [0.2, 0.25) is 0 Å². The maximum absolute atomic E-state index is 13.7. The molecule has 0 aliphatic heterocycles. The lowest BCUT2D eigenvalue weighted by Gasteiger charge is -2.13. The van der Waals surface area contributed by atoms with Gasteiger partial charge in [-0.15, -0.1) is 0 Å². The van der Waals surface area contributed by atoms with Crippen LogP contribution >= 0.6 is 0 Å². The van der Waals surface area contributed by atoms with Gasteiger partial charge in [0.1, 0.15) is 23.3 Å². The molecule has 0 unspecified atom stereocenters. The SMILES string of the molecule is COc1cc(/C=C(\C#N)C(=O)Nc2ccc(F)cc2F)ccc1OCC(C)C. The van der Waals surface area contributed by atoms with E-state index in [4.69, 9.17) is 9.47 Å². The minimum absolute atomic E-state index is 0.220. The molecule has 7 heteroatoms. The zero-order valence-corrected chi connectivity index (χ0v) is 15.8. The Morgan fingerprint density at radius 3 is 2.57 bits per heavy atom. The number of carbonyl (C=O) groups excluding carboxylic acids is 1. The number of anilines is 1. The molecule has 146 valence electrons. The molecule has 1 N–H and O–H groups in total. The number of hydrogen-bond donors (Lipinski definition) is 1. The van der Waals surface area contributed by atoms with Crippen LogP contribution in [-0.2, 0) is 4.79 Å².